The van der Waals surface area contributed by atoms with E-state index >= 15 is 0 Å². The van der Waals surface area contributed by atoms with Crippen molar-refractivity contribution in [2.75, 3.05) is 6.54 Å². The molecule has 1 fully saturated rings. The number of piperidine rings is 1. The van der Waals surface area contributed by atoms with Crippen molar-refractivity contribution in [2.45, 2.75) is 31.1 Å². The van der Waals surface area contributed by atoms with Crippen LogP contribution in [0.25, 0.3) is 0 Å². The average Bonchev–Trinajstić information content (AvgIpc) is 2.28. The molecule has 1 amide bonds. The van der Waals surface area contributed by atoms with Crippen LogP contribution in [0.5, 0.6) is 0 Å². The van der Waals surface area contributed by atoms with Crippen molar-refractivity contribution in [1.82, 2.24) is 4.90 Å². The highest BCUT2D eigenvalue weighted by Gasteiger charge is 2.26. The van der Waals surface area contributed by atoms with Gasteiger partial charge in [-0.25, -0.2) is 0 Å². The molecule has 0 N–H and O–H groups in total. The number of likely N-dealkylation sites (tertiary alicyclic amines) is 1. The summed E-state index contributed by atoms with van der Waals surface area (Å²) in [5.74, 6) is 0.231. The third-order valence-electron chi connectivity index (χ3n) is 3.09. The number of rotatable bonds is 2. The first-order chi connectivity index (χ1) is 7.68. The van der Waals surface area contributed by atoms with Gasteiger partial charge in [-0.1, -0.05) is 40.2 Å². The Hall–Kier alpha value is -0.830. The molecule has 2 rings (SSSR count). The lowest BCUT2D eigenvalue weighted by Gasteiger charge is -2.30. The summed E-state index contributed by atoms with van der Waals surface area (Å²) in [6, 6.07) is 8.25. The fraction of sp³-hybridized carbons (Fsp3) is 0.462. The lowest BCUT2D eigenvalue weighted by Crippen LogP contribution is -2.41. The summed E-state index contributed by atoms with van der Waals surface area (Å²) < 4.78 is 0. The highest BCUT2D eigenvalue weighted by molar-refractivity contribution is 9.10. The molecule has 0 saturated carbocycles. The van der Waals surface area contributed by atoms with Crippen LogP contribution >= 0.6 is 15.9 Å². The van der Waals surface area contributed by atoms with E-state index in [2.05, 4.69) is 35.0 Å². The zero-order chi connectivity index (χ0) is 11.5. The van der Waals surface area contributed by atoms with Crippen LogP contribution in [0.3, 0.4) is 0 Å². The van der Waals surface area contributed by atoms with Gasteiger partial charge in [0.05, 0.1) is 4.83 Å². The Labute approximate surface area is 105 Å². The number of hydrogen-bond acceptors (Lipinski definition) is 1. The summed E-state index contributed by atoms with van der Waals surface area (Å²) in [7, 11) is 0. The summed E-state index contributed by atoms with van der Waals surface area (Å²) in [6.45, 7) is 3.72. The van der Waals surface area contributed by atoms with E-state index in [1.54, 1.807) is 0 Å². The average molecular weight is 282 g/mol. The molecule has 1 saturated heterocycles. The van der Waals surface area contributed by atoms with Gasteiger partial charge in [-0.2, -0.15) is 0 Å². The van der Waals surface area contributed by atoms with Crippen molar-refractivity contribution < 1.29 is 4.79 Å². The van der Waals surface area contributed by atoms with E-state index in [0.717, 1.165) is 25.9 Å². The fourth-order valence-corrected chi connectivity index (χ4v) is 2.66. The summed E-state index contributed by atoms with van der Waals surface area (Å²) in [6.07, 6.45) is 2.05. The summed E-state index contributed by atoms with van der Waals surface area (Å²) in [4.78, 5) is 13.9. The maximum absolute atomic E-state index is 11.9. The van der Waals surface area contributed by atoms with Gasteiger partial charge in [-0.3, -0.25) is 4.79 Å². The van der Waals surface area contributed by atoms with E-state index < -0.39 is 0 Å². The predicted octanol–water partition coefficient (Wildman–Crippen LogP) is 2.88. The largest absolute Gasteiger partial charge is 0.337 e. The second-order valence-corrected chi connectivity index (χ2v) is 5.40. The molecule has 86 valence electrons. The topological polar surface area (TPSA) is 20.3 Å². The van der Waals surface area contributed by atoms with Gasteiger partial charge in [0.1, 0.15) is 0 Å². The first-order valence-electron chi connectivity index (χ1n) is 5.66. The number of benzene rings is 1. The number of alkyl halides is 1. The van der Waals surface area contributed by atoms with Crippen LogP contribution in [0, 0.1) is 6.92 Å². The Bertz CT molecular complexity index is 391. The molecule has 0 bridgehead atoms. The minimum atomic E-state index is 0.0188. The van der Waals surface area contributed by atoms with Crippen molar-refractivity contribution in [1.29, 1.82) is 0 Å². The lowest BCUT2D eigenvalue weighted by molar-refractivity contribution is -0.133. The number of aryl methyl sites for hydroxylation is 1. The van der Waals surface area contributed by atoms with Gasteiger partial charge in [-0.15, -0.1) is 0 Å². The molecule has 1 aliphatic rings. The number of halogens is 1. The zero-order valence-electron chi connectivity index (χ0n) is 9.45. The SMILES string of the molecule is Cc1ccccc1CN1CCCC(Br)C1=O. The summed E-state index contributed by atoms with van der Waals surface area (Å²) in [5.41, 5.74) is 2.50. The molecule has 1 heterocycles. The Morgan fingerprint density at radius 3 is 2.94 bits per heavy atom. The van der Waals surface area contributed by atoms with Crippen molar-refractivity contribution in [3.8, 4) is 0 Å². The fourth-order valence-electron chi connectivity index (χ4n) is 2.04. The summed E-state index contributed by atoms with van der Waals surface area (Å²) >= 11 is 3.43. The van der Waals surface area contributed by atoms with Crippen molar-refractivity contribution in [2.24, 2.45) is 0 Å². The minimum absolute atomic E-state index is 0.0188. The molecule has 1 unspecified atom stereocenters. The quantitative estimate of drug-likeness (QED) is 0.764. The highest BCUT2D eigenvalue weighted by atomic mass is 79.9. The molecule has 0 radical (unpaired) electrons. The van der Waals surface area contributed by atoms with Gasteiger partial charge >= 0.3 is 0 Å². The van der Waals surface area contributed by atoms with Gasteiger partial charge in [0, 0.05) is 13.1 Å². The Balaban J connectivity index is 2.10. The molecule has 16 heavy (non-hydrogen) atoms. The van der Waals surface area contributed by atoms with Crippen molar-refractivity contribution >= 4 is 21.8 Å². The molecule has 0 aromatic heterocycles. The Morgan fingerprint density at radius 1 is 1.44 bits per heavy atom. The number of hydrogen-bond donors (Lipinski definition) is 0. The number of amides is 1. The lowest BCUT2D eigenvalue weighted by atomic mass is 10.1. The molecular weight excluding hydrogens is 266 g/mol. The summed E-state index contributed by atoms with van der Waals surface area (Å²) in [5, 5.41) is 0. The van der Waals surface area contributed by atoms with Gasteiger partial charge < -0.3 is 4.90 Å². The van der Waals surface area contributed by atoms with Gasteiger partial charge in [0.25, 0.3) is 0 Å². The highest BCUT2D eigenvalue weighted by Crippen LogP contribution is 2.21. The third kappa shape index (κ3) is 2.46. The van der Waals surface area contributed by atoms with E-state index in [-0.39, 0.29) is 10.7 Å². The number of carbonyl (C=O) groups is 1. The van der Waals surface area contributed by atoms with Crippen LogP contribution < -0.4 is 0 Å². The molecule has 0 aliphatic carbocycles. The van der Waals surface area contributed by atoms with Crippen LogP contribution in [-0.4, -0.2) is 22.2 Å². The first-order valence-corrected chi connectivity index (χ1v) is 6.57. The Morgan fingerprint density at radius 2 is 2.19 bits per heavy atom. The molecule has 0 spiro atoms. The van der Waals surface area contributed by atoms with Crippen LogP contribution in [0.2, 0.25) is 0 Å². The molecule has 1 aliphatic heterocycles. The maximum Gasteiger partial charge on any atom is 0.236 e. The van der Waals surface area contributed by atoms with Crippen molar-refractivity contribution in [3.63, 3.8) is 0 Å². The molecule has 3 heteroatoms. The molecule has 1 aromatic carbocycles. The molecule has 2 nitrogen and oxygen atoms in total. The molecule has 1 atom stereocenters. The second kappa shape index (κ2) is 5.00. The van der Waals surface area contributed by atoms with E-state index in [9.17, 15) is 4.79 Å². The van der Waals surface area contributed by atoms with Crippen LogP contribution in [0.4, 0.5) is 0 Å². The normalized spacial score (nSPS) is 21.2. The van der Waals surface area contributed by atoms with Crippen LogP contribution in [0.15, 0.2) is 24.3 Å². The second-order valence-electron chi connectivity index (χ2n) is 4.30. The Kier molecular flexibility index (Phi) is 3.64. The van der Waals surface area contributed by atoms with Crippen molar-refractivity contribution in [3.05, 3.63) is 35.4 Å². The van der Waals surface area contributed by atoms with E-state index in [1.165, 1.54) is 11.1 Å². The minimum Gasteiger partial charge on any atom is -0.337 e. The first kappa shape index (κ1) is 11.6. The third-order valence-corrected chi connectivity index (χ3v) is 3.94. The monoisotopic (exact) mass is 281 g/mol. The zero-order valence-corrected chi connectivity index (χ0v) is 11.0. The van der Waals surface area contributed by atoms with E-state index in [0.29, 0.717) is 0 Å². The van der Waals surface area contributed by atoms with E-state index in [4.69, 9.17) is 0 Å². The smallest absolute Gasteiger partial charge is 0.236 e. The van der Waals surface area contributed by atoms with Crippen LogP contribution in [0.1, 0.15) is 24.0 Å². The van der Waals surface area contributed by atoms with Gasteiger partial charge in [-0.05, 0) is 30.9 Å². The van der Waals surface area contributed by atoms with Gasteiger partial charge in [0.15, 0.2) is 0 Å². The number of nitrogens with zero attached hydrogens (tertiary/aromatic N) is 1. The predicted molar refractivity (Wildman–Crippen MR) is 68.5 cm³/mol. The van der Waals surface area contributed by atoms with E-state index in [1.807, 2.05) is 17.0 Å². The standard InChI is InChI=1S/C13H16BrNO/c1-10-5-2-3-6-11(10)9-15-8-4-7-12(14)13(15)16/h2-3,5-6,12H,4,7-9H2,1H3. The van der Waals surface area contributed by atoms with Gasteiger partial charge in [0.2, 0.25) is 5.91 Å². The molecular formula is C13H16BrNO. The molecule has 1 aromatic rings. The number of carbonyl (C=O) groups excluding carboxylic acids is 1. The maximum atomic E-state index is 11.9. The van der Waals surface area contributed by atoms with Crippen LogP contribution in [-0.2, 0) is 11.3 Å².